The van der Waals surface area contributed by atoms with Crippen LogP contribution in [-0.4, -0.2) is 74.1 Å². The summed E-state index contributed by atoms with van der Waals surface area (Å²) in [5.74, 6) is 1.08. The summed E-state index contributed by atoms with van der Waals surface area (Å²) in [6.45, 7) is 12.2. The third-order valence-corrected chi connectivity index (χ3v) is 10.6. The van der Waals surface area contributed by atoms with E-state index in [1.165, 1.54) is 18.2 Å². The van der Waals surface area contributed by atoms with Gasteiger partial charge in [0.2, 0.25) is 5.91 Å². The van der Waals surface area contributed by atoms with Gasteiger partial charge in [-0.3, -0.25) is 4.79 Å². The number of amides is 1. The van der Waals surface area contributed by atoms with E-state index in [4.69, 9.17) is 5.26 Å². The Balaban J connectivity index is 1.18. The summed E-state index contributed by atoms with van der Waals surface area (Å²) in [5, 5.41) is 12.4. The number of likely N-dealkylation sites (tertiary alicyclic amines) is 2. The minimum absolute atomic E-state index is 0.0845. The van der Waals surface area contributed by atoms with Crippen LogP contribution in [0.4, 0.5) is 10.1 Å². The Labute approximate surface area is 250 Å². The normalized spacial score (nSPS) is 25.2. The lowest BCUT2D eigenvalue weighted by molar-refractivity contribution is -0.117. The second-order valence-electron chi connectivity index (χ2n) is 13.0. The molecule has 7 heteroatoms. The Hall–Kier alpha value is -3.21. The number of carbonyl (C=O) groups is 1. The Morgan fingerprint density at radius 3 is 2.43 bits per heavy atom. The van der Waals surface area contributed by atoms with Crippen molar-refractivity contribution in [3.63, 3.8) is 0 Å². The van der Waals surface area contributed by atoms with Crippen LogP contribution in [0.25, 0.3) is 0 Å². The number of hydrogen-bond donors (Lipinski definition) is 1. The minimum Gasteiger partial charge on any atom is -0.371 e. The summed E-state index contributed by atoms with van der Waals surface area (Å²) < 4.78 is 14.9. The third kappa shape index (κ3) is 5.85. The fourth-order valence-electron chi connectivity index (χ4n) is 8.41. The Kier molecular flexibility index (Phi) is 8.65. The first kappa shape index (κ1) is 28.9. The average molecular weight is 570 g/mol. The van der Waals surface area contributed by atoms with Crippen LogP contribution in [-0.2, 0) is 10.2 Å². The van der Waals surface area contributed by atoms with Crippen LogP contribution in [0, 0.1) is 34.9 Å². The number of rotatable bonds is 10. The lowest BCUT2D eigenvalue weighted by Crippen LogP contribution is -2.60. The highest BCUT2D eigenvalue weighted by Crippen LogP contribution is 2.51. The molecule has 222 valence electrons. The summed E-state index contributed by atoms with van der Waals surface area (Å²) in [6, 6.07) is 17.6. The van der Waals surface area contributed by atoms with Gasteiger partial charge in [0, 0.05) is 49.2 Å². The SMILES string of the molecule is C=CC(=O)N[C@H]1CCC[C@@H]1C(CN1CCC1)(c1cccc(F)c1)C1CCN(CC2CN(c3ccc(C#N)cc3)C2)CC1. The highest BCUT2D eigenvalue weighted by Gasteiger charge is 2.53. The molecule has 1 saturated carbocycles. The summed E-state index contributed by atoms with van der Waals surface area (Å²) in [4.78, 5) is 20.1. The van der Waals surface area contributed by atoms with Crippen molar-refractivity contribution in [2.24, 2.45) is 17.8 Å². The van der Waals surface area contributed by atoms with Gasteiger partial charge in [-0.25, -0.2) is 4.39 Å². The summed E-state index contributed by atoms with van der Waals surface area (Å²) >= 11 is 0. The Morgan fingerprint density at radius 1 is 1.02 bits per heavy atom. The first-order valence-electron chi connectivity index (χ1n) is 15.9. The number of anilines is 1. The van der Waals surface area contributed by atoms with Crippen molar-refractivity contribution >= 4 is 11.6 Å². The number of nitriles is 1. The van der Waals surface area contributed by atoms with Crippen molar-refractivity contribution in [3.05, 3.63) is 78.1 Å². The highest BCUT2D eigenvalue weighted by molar-refractivity contribution is 5.87. The number of piperidine rings is 1. The van der Waals surface area contributed by atoms with Crippen LogP contribution in [0.1, 0.15) is 49.7 Å². The summed E-state index contributed by atoms with van der Waals surface area (Å²) in [6.07, 6.45) is 7.90. The predicted octanol–water partition coefficient (Wildman–Crippen LogP) is 4.96. The second kappa shape index (κ2) is 12.6. The van der Waals surface area contributed by atoms with Crippen molar-refractivity contribution in [2.45, 2.75) is 50.0 Å². The maximum Gasteiger partial charge on any atom is 0.243 e. The highest BCUT2D eigenvalue weighted by atomic mass is 19.1. The molecule has 0 aromatic heterocycles. The van der Waals surface area contributed by atoms with E-state index in [1.807, 2.05) is 18.2 Å². The number of benzene rings is 2. The molecule has 2 aromatic rings. The monoisotopic (exact) mass is 569 g/mol. The van der Waals surface area contributed by atoms with Gasteiger partial charge < -0.3 is 20.0 Å². The van der Waals surface area contributed by atoms with Gasteiger partial charge >= 0.3 is 0 Å². The fourth-order valence-corrected chi connectivity index (χ4v) is 8.41. The fraction of sp³-hybridized carbons (Fsp3) is 0.543. The number of halogens is 1. The molecule has 3 aliphatic heterocycles. The van der Waals surface area contributed by atoms with E-state index in [1.54, 1.807) is 12.1 Å². The van der Waals surface area contributed by atoms with E-state index in [9.17, 15) is 9.18 Å². The number of nitrogens with one attached hydrogen (secondary N) is 1. The molecular weight excluding hydrogens is 525 g/mol. The smallest absolute Gasteiger partial charge is 0.243 e. The molecule has 0 bridgehead atoms. The molecule has 0 radical (unpaired) electrons. The van der Waals surface area contributed by atoms with E-state index < -0.39 is 0 Å². The van der Waals surface area contributed by atoms with Crippen LogP contribution in [0.5, 0.6) is 0 Å². The van der Waals surface area contributed by atoms with Crippen LogP contribution in [0.2, 0.25) is 0 Å². The Bertz CT molecular complexity index is 1290. The van der Waals surface area contributed by atoms with Crippen molar-refractivity contribution in [3.8, 4) is 6.07 Å². The van der Waals surface area contributed by atoms with Gasteiger partial charge in [0.25, 0.3) is 0 Å². The van der Waals surface area contributed by atoms with E-state index >= 15 is 0 Å². The van der Waals surface area contributed by atoms with Gasteiger partial charge in [-0.05, 0) is 118 Å². The molecule has 1 unspecified atom stereocenters. The van der Waals surface area contributed by atoms with Crippen LogP contribution >= 0.6 is 0 Å². The van der Waals surface area contributed by atoms with Crippen LogP contribution in [0.15, 0.2) is 61.2 Å². The van der Waals surface area contributed by atoms with Gasteiger partial charge in [-0.15, -0.1) is 0 Å². The lowest BCUT2D eigenvalue weighted by atomic mass is 9.57. The zero-order valence-electron chi connectivity index (χ0n) is 24.7. The maximum atomic E-state index is 14.9. The molecule has 1 N–H and O–H groups in total. The second-order valence-corrected chi connectivity index (χ2v) is 13.0. The quantitative estimate of drug-likeness (QED) is 0.410. The largest absolute Gasteiger partial charge is 0.371 e. The molecule has 3 heterocycles. The first-order chi connectivity index (χ1) is 20.5. The molecule has 4 aliphatic rings. The molecule has 3 atom stereocenters. The zero-order valence-corrected chi connectivity index (χ0v) is 24.7. The standard InChI is InChI=1S/C35H44FN5O/c1-2-34(42)38-33-9-4-8-32(33)35(25-40-16-5-17-40,29-6-3-7-30(36)20-29)28-14-18-39(19-15-28)22-27-23-41(24-27)31-12-10-26(21-37)11-13-31/h2-3,6-7,10-13,20,27-28,32-33H,1,4-5,8-9,14-19,22-25H2,(H,38,42)/t32-,33-,35?/m0/s1. The molecule has 6 nitrogen and oxygen atoms in total. The summed E-state index contributed by atoms with van der Waals surface area (Å²) in [5.41, 5.74) is 2.82. The predicted molar refractivity (Wildman–Crippen MR) is 165 cm³/mol. The molecular formula is C35H44FN5O. The topological polar surface area (TPSA) is 62.6 Å². The maximum absolute atomic E-state index is 14.9. The van der Waals surface area contributed by atoms with Gasteiger partial charge in [0.1, 0.15) is 5.82 Å². The van der Waals surface area contributed by atoms with Gasteiger partial charge in [-0.2, -0.15) is 5.26 Å². The van der Waals surface area contributed by atoms with Crippen molar-refractivity contribution < 1.29 is 9.18 Å². The van der Waals surface area contributed by atoms with E-state index in [-0.39, 0.29) is 29.1 Å². The number of hydrogen-bond acceptors (Lipinski definition) is 5. The minimum atomic E-state index is -0.201. The molecule has 3 saturated heterocycles. The zero-order chi connectivity index (χ0) is 29.1. The molecule has 2 aromatic carbocycles. The van der Waals surface area contributed by atoms with E-state index in [0.717, 1.165) is 90.0 Å². The molecule has 4 fully saturated rings. The van der Waals surface area contributed by atoms with Gasteiger partial charge in [0.15, 0.2) is 0 Å². The van der Waals surface area contributed by atoms with Gasteiger partial charge in [0.05, 0.1) is 11.6 Å². The number of nitrogens with zero attached hydrogens (tertiary/aromatic N) is 4. The van der Waals surface area contributed by atoms with Gasteiger partial charge in [-0.1, -0.05) is 25.1 Å². The lowest BCUT2D eigenvalue weighted by Gasteiger charge is -2.54. The van der Waals surface area contributed by atoms with Crippen LogP contribution in [0.3, 0.4) is 0 Å². The Morgan fingerprint density at radius 2 is 1.79 bits per heavy atom. The van der Waals surface area contributed by atoms with E-state index in [0.29, 0.717) is 17.4 Å². The molecule has 1 amide bonds. The number of carbonyl (C=O) groups excluding carboxylic acids is 1. The average Bonchev–Trinajstić information content (AvgIpc) is 3.43. The molecule has 0 spiro atoms. The first-order valence-corrected chi connectivity index (χ1v) is 15.9. The van der Waals surface area contributed by atoms with Crippen molar-refractivity contribution in [2.75, 3.05) is 57.3 Å². The molecule has 1 aliphatic carbocycles. The van der Waals surface area contributed by atoms with Crippen molar-refractivity contribution in [1.82, 2.24) is 15.1 Å². The summed E-state index contributed by atoms with van der Waals surface area (Å²) in [7, 11) is 0. The van der Waals surface area contributed by atoms with Crippen LogP contribution < -0.4 is 10.2 Å². The van der Waals surface area contributed by atoms with Crippen molar-refractivity contribution in [1.29, 1.82) is 5.26 Å². The molecule has 6 rings (SSSR count). The van der Waals surface area contributed by atoms with E-state index in [2.05, 4.69) is 50.9 Å². The molecule has 42 heavy (non-hydrogen) atoms. The third-order valence-electron chi connectivity index (χ3n) is 10.6.